The van der Waals surface area contributed by atoms with E-state index in [9.17, 15) is 26.7 Å². The summed E-state index contributed by atoms with van der Waals surface area (Å²) in [5.41, 5.74) is -0.511. The summed E-state index contributed by atoms with van der Waals surface area (Å²) in [6.07, 6.45) is 2.17. The van der Waals surface area contributed by atoms with Gasteiger partial charge in [-0.3, -0.25) is 14.1 Å². The lowest BCUT2D eigenvalue weighted by Gasteiger charge is -2.27. The molecule has 4 heterocycles. The van der Waals surface area contributed by atoms with Crippen LogP contribution >= 0.6 is 0 Å². The lowest BCUT2D eigenvalue weighted by Crippen LogP contribution is -2.48. The van der Waals surface area contributed by atoms with Crippen LogP contribution in [0.2, 0.25) is 0 Å². The van der Waals surface area contributed by atoms with E-state index >= 15 is 0 Å². The zero-order valence-corrected chi connectivity index (χ0v) is 23.0. The van der Waals surface area contributed by atoms with Crippen LogP contribution in [0.25, 0.3) is 11.0 Å². The number of sulfonamides is 1. The average Bonchev–Trinajstić information content (AvgIpc) is 2.89. The van der Waals surface area contributed by atoms with Gasteiger partial charge in [-0.2, -0.15) is 21.1 Å². The number of nitrogens with one attached hydrogen (secondary N) is 3. The van der Waals surface area contributed by atoms with Crippen molar-refractivity contribution in [2.45, 2.75) is 31.7 Å². The molecule has 0 spiro atoms. The molecule has 2 aliphatic rings. The van der Waals surface area contributed by atoms with E-state index in [1.165, 1.54) is 33.3 Å². The number of amidine groups is 1. The summed E-state index contributed by atoms with van der Waals surface area (Å²) < 4.78 is 60.9. The van der Waals surface area contributed by atoms with Gasteiger partial charge in [-0.15, -0.1) is 4.40 Å². The second kappa shape index (κ2) is 10.2. The first-order valence-corrected chi connectivity index (χ1v) is 15.3. The highest BCUT2D eigenvalue weighted by Crippen LogP contribution is 2.34. The molecular formula is C24H29N7O6S2. The molecule has 0 atom stereocenters. The van der Waals surface area contributed by atoms with Gasteiger partial charge in [-0.25, -0.2) is 4.98 Å². The van der Waals surface area contributed by atoms with Gasteiger partial charge in [-0.1, -0.05) is 13.8 Å². The summed E-state index contributed by atoms with van der Waals surface area (Å²) in [5.74, 6) is -0.485. The maximum atomic E-state index is 13.6. The molecule has 0 saturated carbocycles. The minimum atomic E-state index is -4.38. The fourth-order valence-electron chi connectivity index (χ4n) is 4.50. The normalized spacial score (nSPS) is 17.5. The van der Waals surface area contributed by atoms with Crippen molar-refractivity contribution >= 4 is 48.5 Å². The van der Waals surface area contributed by atoms with Gasteiger partial charge in [0.1, 0.15) is 21.9 Å². The van der Waals surface area contributed by atoms with Crippen LogP contribution in [-0.2, 0) is 26.8 Å². The monoisotopic (exact) mass is 575 g/mol. The number of hydrogen-bond donors (Lipinski definition) is 4. The molecule has 1 aromatic carbocycles. The third-order valence-electron chi connectivity index (χ3n) is 6.55. The SMILES string of the molecule is CC(C)CCn1c(=O)c(C2=NS(=O)(=O)c3cc(NS(=O)(=O)N4CCNCC4)ccc3N2)c(O)c2cccnc21. The van der Waals surface area contributed by atoms with Crippen molar-refractivity contribution in [3.05, 3.63) is 52.4 Å². The molecule has 2 aromatic heterocycles. The molecule has 0 unspecified atom stereocenters. The van der Waals surface area contributed by atoms with Gasteiger partial charge in [0, 0.05) is 38.9 Å². The predicted molar refractivity (Wildman–Crippen MR) is 148 cm³/mol. The first-order chi connectivity index (χ1) is 18.5. The summed E-state index contributed by atoms with van der Waals surface area (Å²) in [6.45, 7) is 5.92. The van der Waals surface area contributed by atoms with Crippen molar-refractivity contribution in [2.75, 3.05) is 36.2 Å². The Hall–Kier alpha value is -3.53. The van der Waals surface area contributed by atoms with Gasteiger partial charge < -0.3 is 15.7 Å². The highest BCUT2D eigenvalue weighted by molar-refractivity contribution is 7.91. The topological polar surface area (TPSA) is 175 Å². The Bertz CT molecular complexity index is 1740. The zero-order chi connectivity index (χ0) is 27.9. The molecule has 5 rings (SSSR count). The number of aryl methyl sites for hydroxylation is 1. The maximum Gasteiger partial charge on any atom is 0.301 e. The molecule has 1 fully saturated rings. The third kappa shape index (κ3) is 5.22. The highest BCUT2D eigenvalue weighted by Gasteiger charge is 2.31. The standard InChI is InChI=1S/C24H29N7O6S2/c1-15(2)7-11-31-23-17(4-3-8-26-23)21(32)20(24(31)33)22-27-18-6-5-16(14-19(18)38(34,35)29-22)28-39(36,37)30-12-9-25-10-13-30/h3-6,8,14-15,25,28,32H,7,9-13H2,1-2H3,(H,27,29). The summed E-state index contributed by atoms with van der Waals surface area (Å²) in [7, 11) is -8.27. The van der Waals surface area contributed by atoms with Gasteiger partial charge in [0.05, 0.1) is 16.8 Å². The Balaban J connectivity index is 1.55. The van der Waals surface area contributed by atoms with Crippen molar-refractivity contribution in [3.63, 3.8) is 0 Å². The summed E-state index contributed by atoms with van der Waals surface area (Å²) in [6, 6.07) is 7.16. The largest absolute Gasteiger partial charge is 0.506 e. The minimum Gasteiger partial charge on any atom is -0.506 e. The number of hydrogen-bond acceptors (Lipinski definition) is 9. The van der Waals surface area contributed by atoms with E-state index in [1.807, 2.05) is 13.8 Å². The van der Waals surface area contributed by atoms with Gasteiger partial charge in [-0.05, 0) is 42.7 Å². The Kier molecular flexibility index (Phi) is 7.09. The fraction of sp³-hybridized carbons (Fsp3) is 0.375. The predicted octanol–water partition coefficient (Wildman–Crippen LogP) is 1.27. The number of anilines is 2. The van der Waals surface area contributed by atoms with Gasteiger partial charge in [0.25, 0.3) is 15.6 Å². The second-order valence-electron chi connectivity index (χ2n) is 9.74. The summed E-state index contributed by atoms with van der Waals surface area (Å²) >= 11 is 0. The number of aromatic hydroxyl groups is 1. The average molecular weight is 576 g/mol. The van der Waals surface area contributed by atoms with Crippen LogP contribution in [0.3, 0.4) is 0 Å². The number of nitrogens with zero attached hydrogens (tertiary/aromatic N) is 4. The third-order valence-corrected chi connectivity index (χ3v) is 9.40. The van der Waals surface area contributed by atoms with Gasteiger partial charge >= 0.3 is 10.2 Å². The number of piperazine rings is 1. The molecule has 2 aliphatic heterocycles. The molecule has 3 aromatic rings. The fourth-order valence-corrected chi connectivity index (χ4v) is 6.87. The smallest absolute Gasteiger partial charge is 0.301 e. The van der Waals surface area contributed by atoms with E-state index in [0.29, 0.717) is 26.1 Å². The second-order valence-corrected chi connectivity index (χ2v) is 13.0. The van der Waals surface area contributed by atoms with Crippen molar-refractivity contribution in [1.29, 1.82) is 0 Å². The summed E-state index contributed by atoms with van der Waals surface area (Å²) in [5, 5.41) is 17.2. The maximum absolute atomic E-state index is 13.6. The molecule has 208 valence electrons. The van der Waals surface area contributed by atoms with Gasteiger partial charge in [0.2, 0.25) is 0 Å². The Labute approximate surface area is 225 Å². The number of benzene rings is 1. The number of rotatable bonds is 7. The molecule has 1 saturated heterocycles. The Morgan fingerprint density at radius 2 is 1.92 bits per heavy atom. The molecule has 13 nitrogen and oxygen atoms in total. The van der Waals surface area contributed by atoms with Crippen molar-refractivity contribution in [1.82, 2.24) is 19.2 Å². The first-order valence-electron chi connectivity index (χ1n) is 12.4. The van der Waals surface area contributed by atoms with Crippen LogP contribution in [0.15, 0.2) is 50.6 Å². The van der Waals surface area contributed by atoms with Crippen LogP contribution in [0.5, 0.6) is 5.75 Å². The van der Waals surface area contributed by atoms with Crippen LogP contribution in [-0.4, -0.2) is 67.8 Å². The molecule has 15 heteroatoms. The van der Waals surface area contributed by atoms with E-state index in [-0.39, 0.29) is 57.7 Å². The molecular weight excluding hydrogens is 546 g/mol. The van der Waals surface area contributed by atoms with E-state index in [1.54, 1.807) is 12.1 Å². The summed E-state index contributed by atoms with van der Waals surface area (Å²) in [4.78, 5) is 17.6. The molecule has 4 N–H and O–H groups in total. The number of pyridine rings is 2. The highest BCUT2D eigenvalue weighted by atomic mass is 32.2. The van der Waals surface area contributed by atoms with E-state index < -0.39 is 31.5 Å². The molecule has 0 radical (unpaired) electrons. The lowest BCUT2D eigenvalue weighted by atomic mass is 10.1. The quantitative estimate of drug-likeness (QED) is 0.323. The molecule has 39 heavy (non-hydrogen) atoms. The zero-order valence-electron chi connectivity index (χ0n) is 21.4. The van der Waals surface area contributed by atoms with Crippen LogP contribution in [0.1, 0.15) is 25.8 Å². The van der Waals surface area contributed by atoms with E-state index in [0.717, 1.165) is 0 Å². The Morgan fingerprint density at radius 1 is 1.18 bits per heavy atom. The molecule has 0 bridgehead atoms. The van der Waals surface area contributed by atoms with Crippen LogP contribution < -0.4 is 20.9 Å². The lowest BCUT2D eigenvalue weighted by molar-refractivity contribution is 0.362. The Morgan fingerprint density at radius 3 is 2.64 bits per heavy atom. The molecule has 0 amide bonds. The number of fused-ring (bicyclic) bond motifs is 2. The number of aromatic nitrogens is 2. The van der Waals surface area contributed by atoms with Crippen LogP contribution in [0, 0.1) is 5.92 Å². The molecule has 0 aliphatic carbocycles. The van der Waals surface area contributed by atoms with Crippen molar-refractivity contribution in [3.8, 4) is 5.75 Å². The van der Waals surface area contributed by atoms with E-state index in [4.69, 9.17) is 0 Å². The minimum absolute atomic E-state index is 0.0481. The first kappa shape index (κ1) is 27.1. The van der Waals surface area contributed by atoms with E-state index in [2.05, 4.69) is 24.7 Å². The van der Waals surface area contributed by atoms with Crippen molar-refractivity contribution < 1.29 is 21.9 Å². The van der Waals surface area contributed by atoms with Crippen LogP contribution in [0.4, 0.5) is 11.4 Å². The van der Waals surface area contributed by atoms with Gasteiger partial charge in [0.15, 0.2) is 5.84 Å². The van der Waals surface area contributed by atoms with Crippen molar-refractivity contribution in [2.24, 2.45) is 10.3 Å².